The molecule has 21 heavy (non-hydrogen) atoms. The summed E-state index contributed by atoms with van der Waals surface area (Å²) in [6.07, 6.45) is 1.03. The molecule has 0 aromatic heterocycles. The Kier molecular flexibility index (Phi) is 4.04. The van der Waals surface area contributed by atoms with Crippen LogP contribution in [0.4, 0.5) is 0 Å². The zero-order valence-corrected chi connectivity index (χ0v) is 12.9. The monoisotopic (exact) mass is 303 g/mol. The molecule has 1 aliphatic heterocycles. The van der Waals surface area contributed by atoms with E-state index in [4.69, 9.17) is 21.1 Å². The first-order valence-corrected chi connectivity index (χ1v) is 7.37. The Labute approximate surface area is 129 Å². The van der Waals surface area contributed by atoms with E-state index >= 15 is 0 Å². The molecule has 0 aliphatic carbocycles. The van der Waals surface area contributed by atoms with Gasteiger partial charge in [0.2, 0.25) is 0 Å². The summed E-state index contributed by atoms with van der Waals surface area (Å²) in [6, 6.07) is 11.8. The normalized spacial score (nSPS) is 16.4. The van der Waals surface area contributed by atoms with Crippen molar-refractivity contribution < 1.29 is 9.47 Å². The van der Waals surface area contributed by atoms with E-state index in [0.717, 1.165) is 35.6 Å². The molecule has 0 bridgehead atoms. The van der Waals surface area contributed by atoms with Crippen LogP contribution >= 0.6 is 11.6 Å². The minimum Gasteiger partial charge on any atom is -0.497 e. The number of halogens is 1. The first-order valence-electron chi connectivity index (χ1n) is 7.00. The molecule has 1 aliphatic rings. The molecule has 4 heteroatoms. The van der Waals surface area contributed by atoms with Crippen LogP contribution in [0.25, 0.3) is 11.1 Å². The second kappa shape index (κ2) is 5.96. The van der Waals surface area contributed by atoms with Crippen molar-refractivity contribution in [1.29, 1.82) is 0 Å². The molecular formula is C17H18ClNO2. The number of hydrogen-bond donors (Lipinski definition) is 1. The van der Waals surface area contributed by atoms with Crippen LogP contribution in [0.1, 0.15) is 5.56 Å². The second-order valence-electron chi connectivity index (χ2n) is 5.14. The fourth-order valence-electron chi connectivity index (χ4n) is 2.74. The molecule has 1 heterocycles. The van der Waals surface area contributed by atoms with Crippen LogP contribution in [-0.2, 0) is 6.42 Å². The Morgan fingerprint density at radius 1 is 1.29 bits per heavy atom. The van der Waals surface area contributed by atoms with Crippen molar-refractivity contribution in [3.05, 3.63) is 47.0 Å². The third-order valence-electron chi connectivity index (χ3n) is 3.70. The van der Waals surface area contributed by atoms with Crippen molar-refractivity contribution in [2.75, 3.05) is 20.7 Å². The molecule has 2 aromatic rings. The minimum absolute atomic E-state index is 0.151. The molecular weight excluding hydrogens is 286 g/mol. The van der Waals surface area contributed by atoms with Crippen LogP contribution in [0, 0.1) is 0 Å². The maximum absolute atomic E-state index is 6.34. The van der Waals surface area contributed by atoms with Crippen molar-refractivity contribution >= 4 is 11.6 Å². The molecule has 0 saturated heterocycles. The third-order valence-corrected chi connectivity index (χ3v) is 4.03. The summed E-state index contributed by atoms with van der Waals surface area (Å²) in [5, 5.41) is 3.88. The number of ether oxygens (including phenoxy) is 2. The number of fused-ring (bicyclic) bond motifs is 1. The Balaban J connectivity index is 2.10. The smallest absolute Gasteiger partial charge is 0.131 e. The number of hydrogen-bond acceptors (Lipinski definition) is 3. The lowest BCUT2D eigenvalue weighted by molar-refractivity contribution is 0.232. The van der Waals surface area contributed by atoms with Gasteiger partial charge in [-0.05, 0) is 25.2 Å². The summed E-state index contributed by atoms with van der Waals surface area (Å²) < 4.78 is 11.5. The van der Waals surface area contributed by atoms with Gasteiger partial charge < -0.3 is 14.8 Å². The van der Waals surface area contributed by atoms with E-state index in [1.807, 2.05) is 43.4 Å². The van der Waals surface area contributed by atoms with E-state index in [1.54, 1.807) is 7.11 Å². The van der Waals surface area contributed by atoms with Gasteiger partial charge in [0, 0.05) is 34.7 Å². The van der Waals surface area contributed by atoms with Gasteiger partial charge in [-0.25, -0.2) is 0 Å². The summed E-state index contributed by atoms with van der Waals surface area (Å²) in [7, 11) is 3.61. The van der Waals surface area contributed by atoms with E-state index in [1.165, 1.54) is 5.56 Å². The van der Waals surface area contributed by atoms with Crippen molar-refractivity contribution in [3.63, 3.8) is 0 Å². The summed E-state index contributed by atoms with van der Waals surface area (Å²) >= 11 is 6.34. The van der Waals surface area contributed by atoms with Gasteiger partial charge in [0.05, 0.1) is 7.11 Å². The van der Waals surface area contributed by atoms with Crippen molar-refractivity contribution in [3.8, 4) is 22.6 Å². The average Bonchev–Trinajstić information content (AvgIpc) is 2.89. The molecule has 2 aromatic carbocycles. The quantitative estimate of drug-likeness (QED) is 0.937. The van der Waals surface area contributed by atoms with Gasteiger partial charge in [0.25, 0.3) is 0 Å². The van der Waals surface area contributed by atoms with Crippen molar-refractivity contribution in [2.24, 2.45) is 0 Å². The van der Waals surface area contributed by atoms with Crippen LogP contribution in [-0.4, -0.2) is 26.8 Å². The maximum atomic E-state index is 6.34. The zero-order chi connectivity index (χ0) is 14.8. The lowest BCUT2D eigenvalue weighted by Crippen LogP contribution is -2.27. The topological polar surface area (TPSA) is 30.5 Å². The highest BCUT2D eigenvalue weighted by atomic mass is 35.5. The van der Waals surface area contributed by atoms with Crippen LogP contribution in [0.5, 0.6) is 11.5 Å². The van der Waals surface area contributed by atoms with Gasteiger partial charge in [0.1, 0.15) is 17.6 Å². The van der Waals surface area contributed by atoms with E-state index in [-0.39, 0.29) is 6.10 Å². The Morgan fingerprint density at radius 3 is 2.81 bits per heavy atom. The Morgan fingerprint density at radius 2 is 2.10 bits per heavy atom. The van der Waals surface area contributed by atoms with E-state index in [9.17, 15) is 0 Å². The van der Waals surface area contributed by atoms with Crippen LogP contribution in [0.3, 0.4) is 0 Å². The van der Waals surface area contributed by atoms with Gasteiger partial charge in [0.15, 0.2) is 0 Å². The summed E-state index contributed by atoms with van der Waals surface area (Å²) in [4.78, 5) is 0. The zero-order valence-electron chi connectivity index (χ0n) is 12.2. The average molecular weight is 304 g/mol. The predicted octanol–water partition coefficient (Wildman–Crippen LogP) is 3.54. The first kappa shape index (κ1) is 14.2. The number of likely N-dealkylation sites (N-methyl/N-ethyl adjacent to an activating group) is 1. The lowest BCUT2D eigenvalue weighted by atomic mass is 10.00. The Hall–Kier alpha value is -1.71. The van der Waals surface area contributed by atoms with E-state index < -0.39 is 0 Å². The summed E-state index contributed by atoms with van der Waals surface area (Å²) in [5.41, 5.74) is 3.14. The molecule has 1 N–H and O–H groups in total. The molecule has 0 spiro atoms. The summed E-state index contributed by atoms with van der Waals surface area (Å²) in [6.45, 7) is 0.818. The maximum Gasteiger partial charge on any atom is 0.131 e. The SMILES string of the molecule is CNCC1Cc2cc(OC)cc(-c3ccccc3Cl)c2O1. The third kappa shape index (κ3) is 2.71. The van der Waals surface area contributed by atoms with Crippen LogP contribution in [0.15, 0.2) is 36.4 Å². The fraction of sp³-hybridized carbons (Fsp3) is 0.294. The van der Waals surface area contributed by atoms with Gasteiger partial charge in [-0.2, -0.15) is 0 Å². The van der Waals surface area contributed by atoms with Crippen molar-refractivity contribution in [1.82, 2.24) is 5.32 Å². The molecule has 1 unspecified atom stereocenters. The molecule has 0 amide bonds. The summed E-state index contributed by atoms with van der Waals surface area (Å²) in [5.74, 6) is 1.75. The highest BCUT2D eigenvalue weighted by Gasteiger charge is 2.27. The molecule has 0 fully saturated rings. The molecule has 0 saturated carbocycles. The van der Waals surface area contributed by atoms with Gasteiger partial charge in [-0.1, -0.05) is 29.8 Å². The molecule has 1 atom stereocenters. The fourth-order valence-corrected chi connectivity index (χ4v) is 2.98. The number of benzene rings is 2. The number of rotatable bonds is 4. The second-order valence-corrected chi connectivity index (χ2v) is 5.55. The highest BCUT2D eigenvalue weighted by molar-refractivity contribution is 6.33. The minimum atomic E-state index is 0.151. The van der Waals surface area contributed by atoms with E-state index in [0.29, 0.717) is 5.02 Å². The van der Waals surface area contributed by atoms with Crippen molar-refractivity contribution in [2.45, 2.75) is 12.5 Å². The van der Waals surface area contributed by atoms with Crippen LogP contribution in [0.2, 0.25) is 5.02 Å². The van der Waals surface area contributed by atoms with Gasteiger partial charge >= 0.3 is 0 Å². The van der Waals surface area contributed by atoms with Gasteiger partial charge in [-0.3, -0.25) is 0 Å². The van der Waals surface area contributed by atoms with Gasteiger partial charge in [-0.15, -0.1) is 0 Å². The van der Waals surface area contributed by atoms with Crippen LogP contribution < -0.4 is 14.8 Å². The standard InChI is InChI=1S/C17H18ClNO2/c1-19-10-13-8-11-7-12(20-2)9-15(17(11)21-13)14-5-3-4-6-16(14)18/h3-7,9,13,19H,8,10H2,1-2H3. The predicted molar refractivity (Wildman–Crippen MR) is 85.5 cm³/mol. The molecule has 3 rings (SSSR count). The number of methoxy groups -OCH3 is 1. The number of nitrogens with one attached hydrogen (secondary N) is 1. The highest BCUT2D eigenvalue weighted by Crippen LogP contribution is 2.43. The molecule has 110 valence electrons. The van der Waals surface area contributed by atoms with E-state index in [2.05, 4.69) is 5.32 Å². The largest absolute Gasteiger partial charge is 0.497 e. The lowest BCUT2D eigenvalue weighted by Gasteiger charge is -2.14. The molecule has 0 radical (unpaired) electrons. The Bertz CT molecular complexity index is 657. The first-order chi connectivity index (χ1) is 10.2. The molecule has 3 nitrogen and oxygen atoms in total.